The minimum absolute atomic E-state index is 0.0408. The average molecular weight is 508 g/mol. The Balaban J connectivity index is 1.86. The van der Waals surface area contributed by atoms with E-state index < -0.39 is 12.0 Å². The van der Waals surface area contributed by atoms with Crippen LogP contribution in [-0.2, 0) is 9.53 Å². The summed E-state index contributed by atoms with van der Waals surface area (Å²) in [4.78, 5) is 31.8. The molecule has 2 heterocycles. The zero-order valence-corrected chi connectivity index (χ0v) is 20.9. The zero-order chi connectivity index (χ0) is 25.1. The summed E-state index contributed by atoms with van der Waals surface area (Å²) in [5.41, 5.74) is 1.87. The molecule has 1 aromatic heterocycles. The highest BCUT2D eigenvalue weighted by Crippen LogP contribution is 2.34. The molecule has 1 atom stereocenters. The number of nitriles is 1. The van der Waals surface area contributed by atoms with Crippen molar-refractivity contribution in [2.75, 3.05) is 6.61 Å². The molecule has 0 bridgehead atoms. The molecule has 178 valence electrons. The van der Waals surface area contributed by atoms with Gasteiger partial charge >= 0.3 is 5.97 Å². The van der Waals surface area contributed by atoms with Gasteiger partial charge in [-0.1, -0.05) is 53.3 Å². The molecule has 1 aliphatic heterocycles. The van der Waals surface area contributed by atoms with E-state index in [1.54, 1.807) is 69.3 Å². The number of esters is 1. The number of benzene rings is 2. The maximum Gasteiger partial charge on any atom is 0.338 e. The molecule has 0 aliphatic carbocycles. The number of carbonyl (C=O) groups excluding carboxylic acids is 1. The summed E-state index contributed by atoms with van der Waals surface area (Å²) < 4.78 is 12.7. The second-order valence-electron chi connectivity index (χ2n) is 8.07. The third kappa shape index (κ3) is 5.06. The van der Waals surface area contributed by atoms with Crippen molar-refractivity contribution in [3.63, 3.8) is 0 Å². The Labute approximate surface area is 210 Å². The number of fused-ring (bicyclic) bond motifs is 1. The van der Waals surface area contributed by atoms with Gasteiger partial charge in [-0.3, -0.25) is 9.36 Å². The van der Waals surface area contributed by atoms with E-state index in [0.717, 1.165) is 5.56 Å². The first-order valence-corrected chi connectivity index (χ1v) is 12.1. The van der Waals surface area contributed by atoms with Crippen LogP contribution in [0, 0.1) is 11.3 Å². The van der Waals surface area contributed by atoms with Crippen LogP contribution in [0.5, 0.6) is 5.75 Å². The van der Waals surface area contributed by atoms with Gasteiger partial charge in [-0.25, -0.2) is 9.79 Å². The molecule has 4 rings (SSSR count). The molecule has 1 unspecified atom stereocenters. The lowest BCUT2D eigenvalue weighted by Crippen LogP contribution is -2.40. The van der Waals surface area contributed by atoms with E-state index >= 15 is 0 Å². The van der Waals surface area contributed by atoms with Crippen LogP contribution in [0.4, 0.5) is 0 Å². The van der Waals surface area contributed by atoms with Gasteiger partial charge in [-0.05, 0) is 56.2 Å². The van der Waals surface area contributed by atoms with E-state index in [-0.39, 0.29) is 23.8 Å². The summed E-state index contributed by atoms with van der Waals surface area (Å²) >= 11 is 7.77. The third-order valence-electron chi connectivity index (χ3n) is 5.27. The lowest BCUT2D eigenvalue weighted by molar-refractivity contribution is -0.143. The number of halogens is 1. The Hall–Kier alpha value is -3.67. The highest BCUT2D eigenvalue weighted by atomic mass is 35.5. The van der Waals surface area contributed by atoms with Gasteiger partial charge in [0, 0.05) is 5.02 Å². The molecule has 7 nitrogen and oxygen atoms in total. The minimum atomic E-state index is -0.768. The quantitative estimate of drug-likeness (QED) is 0.474. The van der Waals surface area contributed by atoms with Gasteiger partial charge in [0.15, 0.2) is 11.4 Å². The molecule has 0 fully saturated rings. The third-order valence-corrected chi connectivity index (χ3v) is 6.59. The monoisotopic (exact) mass is 507 g/mol. The van der Waals surface area contributed by atoms with E-state index in [1.165, 1.54) is 15.9 Å². The molecule has 0 spiro atoms. The molecule has 9 heteroatoms. The van der Waals surface area contributed by atoms with Crippen LogP contribution in [0.25, 0.3) is 6.08 Å². The summed E-state index contributed by atoms with van der Waals surface area (Å²) in [6.45, 7) is 5.23. The topological polar surface area (TPSA) is 93.7 Å². The Morgan fingerprint density at radius 3 is 2.63 bits per heavy atom. The normalized spacial score (nSPS) is 15.4. The summed E-state index contributed by atoms with van der Waals surface area (Å²) in [6.07, 6.45) is 1.42. The van der Waals surface area contributed by atoms with Crippen molar-refractivity contribution < 1.29 is 14.3 Å². The second-order valence-corrected chi connectivity index (χ2v) is 9.49. The van der Waals surface area contributed by atoms with Gasteiger partial charge in [0.05, 0.1) is 21.9 Å². The molecule has 2 aromatic carbocycles. The Kier molecular flexibility index (Phi) is 7.20. The Morgan fingerprint density at radius 1 is 1.26 bits per heavy atom. The van der Waals surface area contributed by atoms with E-state index in [4.69, 9.17) is 26.3 Å². The van der Waals surface area contributed by atoms with Crippen LogP contribution in [0.1, 0.15) is 37.9 Å². The number of rotatable bonds is 6. The second kappa shape index (κ2) is 10.3. The number of aromatic nitrogens is 1. The van der Waals surface area contributed by atoms with Crippen LogP contribution in [-0.4, -0.2) is 23.2 Å². The predicted molar refractivity (Wildman–Crippen MR) is 134 cm³/mol. The van der Waals surface area contributed by atoms with E-state index in [2.05, 4.69) is 4.99 Å². The van der Waals surface area contributed by atoms with Crippen LogP contribution in [0.3, 0.4) is 0 Å². The van der Waals surface area contributed by atoms with Gasteiger partial charge < -0.3 is 9.47 Å². The van der Waals surface area contributed by atoms with Crippen LogP contribution >= 0.6 is 22.9 Å². The van der Waals surface area contributed by atoms with Gasteiger partial charge in [0.2, 0.25) is 0 Å². The first kappa shape index (κ1) is 24.5. The summed E-state index contributed by atoms with van der Waals surface area (Å²) in [7, 11) is 0. The number of allylic oxidation sites excluding steroid dienone is 1. The van der Waals surface area contributed by atoms with Crippen molar-refractivity contribution in [3.8, 4) is 11.8 Å². The number of hydrogen-bond acceptors (Lipinski definition) is 7. The molecule has 1 aliphatic rings. The van der Waals surface area contributed by atoms with Gasteiger partial charge in [0.1, 0.15) is 17.9 Å². The fourth-order valence-corrected chi connectivity index (χ4v) is 5.06. The van der Waals surface area contributed by atoms with Gasteiger partial charge in [-0.15, -0.1) is 0 Å². The Morgan fingerprint density at radius 2 is 1.97 bits per heavy atom. The number of ether oxygens (including phenoxy) is 2. The first-order valence-electron chi connectivity index (χ1n) is 10.9. The highest BCUT2D eigenvalue weighted by Gasteiger charge is 2.34. The molecule has 0 saturated carbocycles. The van der Waals surface area contributed by atoms with Crippen LogP contribution in [0.2, 0.25) is 5.02 Å². The molecular formula is C26H22ClN3O4S. The van der Waals surface area contributed by atoms with Gasteiger partial charge in [-0.2, -0.15) is 5.26 Å². The molecule has 0 saturated heterocycles. The molecule has 35 heavy (non-hydrogen) atoms. The van der Waals surface area contributed by atoms with Crippen molar-refractivity contribution in [1.82, 2.24) is 4.57 Å². The number of carbonyl (C=O) groups is 1. The van der Waals surface area contributed by atoms with Gasteiger partial charge in [0.25, 0.3) is 5.56 Å². The van der Waals surface area contributed by atoms with Crippen molar-refractivity contribution in [3.05, 3.63) is 95.6 Å². The number of thiazole rings is 1. The van der Waals surface area contributed by atoms with Crippen molar-refractivity contribution in [1.29, 1.82) is 5.26 Å². The Bertz CT molecular complexity index is 1530. The SMILES string of the molecule is CC1=C(C(=O)OC(C)C)C(c2ccccc2Cl)n2c(sc(=Cc3ccc(OCC#N)cc3)c2=O)=N1. The fourth-order valence-electron chi connectivity index (χ4n) is 3.78. The standard InChI is InChI=1S/C26H22ClN3O4S/c1-15(2)34-25(32)22-16(3)29-26-30(23(22)19-6-4-5-7-20(19)27)24(31)21(35-26)14-17-8-10-18(11-9-17)33-13-12-28/h4-11,14-15,23H,13H2,1-3H3. The molecule has 3 aromatic rings. The van der Waals surface area contributed by atoms with Crippen molar-refractivity contribution in [2.45, 2.75) is 32.9 Å². The largest absolute Gasteiger partial charge is 0.479 e. The lowest BCUT2D eigenvalue weighted by atomic mass is 9.96. The highest BCUT2D eigenvalue weighted by molar-refractivity contribution is 7.07. The predicted octanol–water partition coefficient (Wildman–Crippen LogP) is 3.74. The van der Waals surface area contributed by atoms with Crippen molar-refractivity contribution >= 4 is 35.0 Å². The molecule has 0 radical (unpaired) electrons. The maximum atomic E-state index is 13.6. The maximum absolute atomic E-state index is 13.6. The average Bonchev–Trinajstić information content (AvgIpc) is 3.12. The van der Waals surface area contributed by atoms with E-state index in [0.29, 0.717) is 31.4 Å². The van der Waals surface area contributed by atoms with Crippen LogP contribution < -0.4 is 19.6 Å². The number of hydrogen-bond donors (Lipinski definition) is 0. The number of nitrogens with zero attached hydrogens (tertiary/aromatic N) is 3. The minimum Gasteiger partial charge on any atom is -0.479 e. The fraction of sp³-hybridized carbons (Fsp3) is 0.231. The summed E-state index contributed by atoms with van der Waals surface area (Å²) in [5.74, 6) is 0.0289. The zero-order valence-electron chi connectivity index (χ0n) is 19.3. The van der Waals surface area contributed by atoms with E-state index in [9.17, 15) is 9.59 Å². The summed E-state index contributed by atoms with van der Waals surface area (Å²) in [5, 5.41) is 9.09. The molecule has 0 N–H and O–H groups in total. The van der Waals surface area contributed by atoms with E-state index in [1.807, 2.05) is 12.1 Å². The molecule has 0 amide bonds. The molecular weight excluding hydrogens is 486 g/mol. The summed E-state index contributed by atoms with van der Waals surface area (Å²) in [6, 6.07) is 15.3. The smallest absolute Gasteiger partial charge is 0.338 e. The first-order chi connectivity index (χ1) is 16.8. The van der Waals surface area contributed by atoms with Crippen molar-refractivity contribution in [2.24, 2.45) is 4.99 Å². The lowest BCUT2D eigenvalue weighted by Gasteiger charge is -2.26. The van der Waals surface area contributed by atoms with Crippen LogP contribution in [0.15, 0.2) is 69.6 Å².